The molecule has 1 fully saturated rings. The Balaban J connectivity index is 0.00000304. The van der Waals surface area contributed by atoms with Gasteiger partial charge in [0, 0.05) is 33.0 Å². The molecule has 2 aromatic heterocycles. The summed E-state index contributed by atoms with van der Waals surface area (Å²) in [6.45, 7) is -1.32. The Morgan fingerprint density at radius 3 is 2.53 bits per heavy atom. The van der Waals surface area contributed by atoms with Gasteiger partial charge in [-0.15, -0.1) is 0 Å². The van der Waals surface area contributed by atoms with Gasteiger partial charge in [0.25, 0.3) is 0 Å². The second-order valence-electron chi connectivity index (χ2n) is 8.12. The van der Waals surface area contributed by atoms with E-state index in [4.69, 9.17) is 11.6 Å². The number of rotatable bonds is 6. The number of aromatic nitrogens is 3. The predicted molar refractivity (Wildman–Crippen MR) is 127 cm³/mol. The van der Waals surface area contributed by atoms with E-state index in [1.807, 2.05) is 0 Å². The van der Waals surface area contributed by atoms with Crippen LogP contribution in [0.25, 0.3) is 16.6 Å². The summed E-state index contributed by atoms with van der Waals surface area (Å²) in [5, 5.41) is 13.3. The van der Waals surface area contributed by atoms with Crippen molar-refractivity contribution in [2.75, 3.05) is 0 Å². The molecule has 1 aliphatic carbocycles. The van der Waals surface area contributed by atoms with E-state index < -0.39 is 35.9 Å². The maximum absolute atomic E-state index is 15.4. The number of halogens is 6. The fraction of sp³-hybridized carbons (Fsp3) is 0.217. The van der Waals surface area contributed by atoms with Crippen molar-refractivity contribution in [3.05, 3.63) is 70.6 Å². The number of carbonyl (C=O) groups is 1. The second-order valence-corrected chi connectivity index (χ2v) is 9.58. The van der Waals surface area contributed by atoms with E-state index in [9.17, 15) is 27.5 Å². The number of carboxylic acids is 1. The fourth-order valence-corrected chi connectivity index (χ4v) is 5.36. The molecular formula is C23H16ClF5N3NaO2S. The van der Waals surface area contributed by atoms with Crippen LogP contribution in [0.1, 0.15) is 34.8 Å². The van der Waals surface area contributed by atoms with Crippen LogP contribution in [0.15, 0.2) is 52.5 Å². The molecule has 2 heterocycles. The summed E-state index contributed by atoms with van der Waals surface area (Å²) in [5.41, 5.74) is 0.310. The number of carboxylic acid groups (broad SMARTS) is 1. The summed E-state index contributed by atoms with van der Waals surface area (Å²) >= 11 is 6.99. The van der Waals surface area contributed by atoms with Crippen LogP contribution in [0.5, 0.6) is 0 Å². The Morgan fingerprint density at radius 2 is 1.89 bits per heavy atom. The summed E-state index contributed by atoms with van der Waals surface area (Å²) in [7, 11) is 0. The standard InChI is InChI=1S/C23H15ClF5N3O2S.Na.H/c24-15-7-6-14-20(18(15)26)32(12-8-30-31(9-12)10-23(27,28)29)19(11-4-5-11)21(14)35-16-3-1-2-13(17(16)25)22(33)34;;/h1-3,6-9,11H,4-5,10H2,(H,33,34);;. The molecule has 0 aliphatic heterocycles. The quantitative estimate of drug-likeness (QED) is 0.223. The average molecular weight is 552 g/mol. The van der Waals surface area contributed by atoms with Gasteiger partial charge in [-0.1, -0.05) is 29.4 Å². The van der Waals surface area contributed by atoms with E-state index in [1.165, 1.54) is 35.2 Å². The number of fused-ring (bicyclic) bond motifs is 1. The monoisotopic (exact) mass is 551 g/mol. The molecular weight excluding hydrogens is 536 g/mol. The van der Waals surface area contributed by atoms with Gasteiger partial charge in [-0.3, -0.25) is 4.68 Å². The van der Waals surface area contributed by atoms with E-state index in [1.54, 1.807) is 6.07 Å². The van der Waals surface area contributed by atoms with Crippen molar-refractivity contribution in [1.29, 1.82) is 0 Å². The van der Waals surface area contributed by atoms with Gasteiger partial charge < -0.3 is 9.67 Å². The fourth-order valence-electron chi connectivity index (χ4n) is 4.00. The molecule has 5 rings (SSSR count). The zero-order chi connectivity index (χ0) is 25.1. The molecule has 0 bridgehead atoms. The van der Waals surface area contributed by atoms with Crippen molar-refractivity contribution in [3.8, 4) is 5.69 Å². The summed E-state index contributed by atoms with van der Waals surface area (Å²) in [5.74, 6) is -3.19. The van der Waals surface area contributed by atoms with Crippen molar-refractivity contribution in [2.45, 2.75) is 41.3 Å². The average Bonchev–Trinajstić information content (AvgIpc) is 3.43. The molecule has 0 amide bonds. The number of alkyl halides is 3. The minimum atomic E-state index is -4.50. The van der Waals surface area contributed by atoms with Crippen LogP contribution in [0.2, 0.25) is 5.02 Å². The van der Waals surface area contributed by atoms with Gasteiger partial charge in [-0.05, 0) is 37.1 Å². The van der Waals surface area contributed by atoms with Crippen molar-refractivity contribution in [1.82, 2.24) is 14.3 Å². The molecule has 13 heteroatoms. The van der Waals surface area contributed by atoms with Crippen molar-refractivity contribution in [2.24, 2.45) is 0 Å². The molecule has 0 spiro atoms. The van der Waals surface area contributed by atoms with Crippen LogP contribution in [0.4, 0.5) is 22.0 Å². The van der Waals surface area contributed by atoms with Crippen molar-refractivity contribution < 1.29 is 31.9 Å². The third kappa shape index (κ3) is 5.04. The summed E-state index contributed by atoms with van der Waals surface area (Å²) in [4.78, 5) is 11.9. The molecule has 1 saturated carbocycles. The normalized spacial score (nSPS) is 13.7. The number of nitrogens with zero attached hydrogens (tertiary/aromatic N) is 3. The van der Waals surface area contributed by atoms with Gasteiger partial charge in [0.05, 0.1) is 28.0 Å². The number of aromatic carboxylic acids is 1. The van der Waals surface area contributed by atoms with Crippen LogP contribution >= 0.6 is 23.4 Å². The van der Waals surface area contributed by atoms with E-state index in [2.05, 4.69) is 5.10 Å². The number of hydrogen-bond donors (Lipinski definition) is 1. The summed E-state index contributed by atoms with van der Waals surface area (Å²) < 4.78 is 71.2. The van der Waals surface area contributed by atoms with Crippen LogP contribution in [0, 0.1) is 11.6 Å². The predicted octanol–water partition coefficient (Wildman–Crippen LogP) is 6.40. The molecule has 5 nitrogen and oxygen atoms in total. The van der Waals surface area contributed by atoms with Crippen molar-refractivity contribution in [3.63, 3.8) is 0 Å². The van der Waals surface area contributed by atoms with E-state index >= 15 is 4.39 Å². The molecule has 4 aromatic rings. The molecule has 2 aromatic carbocycles. The Morgan fingerprint density at radius 1 is 1.17 bits per heavy atom. The van der Waals surface area contributed by atoms with Gasteiger partial charge in [0.15, 0.2) is 11.6 Å². The summed E-state index contributed by atoms with van der Waals surface area (Å²) in [6, 6.07) is 6.87. The molecule has 184 valence electrons. The number of benzene rings is 2. The van der Waals surface area contributed by atoms with Crippen LogP contribution in [0.3, 0.4) is 0 Å². The van der Waals surface area contributed by atoms with E-state index in [-0.39, 0.29) is 56.6 Å². The van der Waals surface area contributed by atoms with Crippen LogP contribution < -0.4 is 0 Å². The third-order valence-corrected chi connectivity index (χ3v) is 7.06. The van der Waals surface area contributed by atoms with Gasteiger partial charge in [-0.25, -0.2) is 13.6 Å². The molecule has 0 saturated heterocycles. The molecule has 1 aliphatic rings. The second kappa shape index (κ2) is 10.0. The van der Waals surface area contributed by atoms with Crippen LogP contribution in [-0.4, -0.2) is 61.2 Å². The summed E-state index contributed by atoms with van der Waals surface area (Å²) in [6.07, 6.45) is -0.637. The van der Waals surface area contributed by atoms with E-state index in [0.717, 1.165) is 30.7 Å². The molecule has 0 atom stereocenters. The first-order chi connectivity index (χ1) is 16.5. The zero-order valence-electron chi connectivity index (χ0n) is 17.6. The molecule has 0 unspecified atom stereocenters. The first-order valence-corrected chi connectivity index (χ1v) is 11.6. The molecule has 1 N–H and O–H groups in total. The number of hydrogen-bond acceptors (Lipinski definition) is 3. The Bertz CT molecular complexity index is 1480. The maximum atomic E-state index is 15.4. The van der Waals surface area contributed by atoms with Crippen molar-refractivity contribution >= 4 is 69.8 Å². The Kier molecular flexibility index (Phi) is 7.51. The SMILES string of the molecule is O=C(O)c1cccc(Sc2c(C3CC3)n(-c3cnn(CC(F)(F)F)c3)c3c(F)c(Cl)ccc23)c1F.[NaH]. The van der Waals surface area contributed by atoms with Gasteiger partial charge in [0.2, 0.25) is 0 Å². The zero-order valence-corrected chi connectivity index (χ0v) is 19.2. The first kappa shape index (κ1) is 27.0. The van der Waals surface area contributed by atoms with Gasteiger partial charge >= 0.3 is 41.7 Å². The first-order valence-electron chi connectivity index (χ1n) is 10.4. The van der Waals surface area contributed by atoms with Gasteiger partial charge in [-0.2, -0.15) is 18.3 Å². The molecule has 36 heavy (non-hydrogen) atoms. The Hall–Kier alpha value is -2.05. The van der Waals surface area contributed by atoms with E-state index in [0.29, 0.717) is 20.7 Å². The van der Waals surface area contributed by atoms with Gasteiger partial charge in [0.1, 0.15) is 6.54 Å². The Labute approximate surface area is 232 Å². The van der Waals surface area contributed by atoms with Crippen LogP contribution in [-0.2, 0) is 6.54 Å². The third-order valence-electron chi connectivity index (χ3n) is 5.60. The molecule has 0 radical (unpaired) electrons. The topological polar surface area (TPSA) is 60.0 Å². The minimum absolute atomic E-state index is 0.